The highest BCUT2D eigenvalue weighted by Crippen LogP contribution is 2.21. The van der Waals surface area contributed by atoms with Gasteiger partial charge in [0.2, 0.25) is 0 Å². The highest BCUT2D eigenvalue weighted by Gasteiger charge is 2.24. The summed E-state index contributed by atoms with van der Waals surface area (Å²) in [6, 6.07) is 10.4. The van der Waals surface area contributed by atoms with Crippen molar-refractivity contribution in [3.8, 4) is 0 Å². The highest BCUT2D eigenvalue weighted by molar-refractivity contribution is 5.93. The van der Waals surface area contributed by atoms with Crippen LogP contribution in [0.4, 0.5) is 5.82 Å². The van der Waals surface area contributed by atoms with Crippen LogP contribution in [0.5, 0.6) is 0 Å². The molecule has 1 aromatic carbocycles. The number of carboxylic acid groups (broad SMARTS) is 1. The fourth-order valence-electron chi connectivity index (χ4n) is 2.92. The number of aromatic nitrogens is 2. The fraction of sp³-hybridized carbons (Fsp3) is 0.375. The second-order valence-corrected chi connectivity index (χ2v) is 5.56. The highest BCUT2D eigenvalue weighted by atomic mass is 16.4. The molecule has 1 saturated heterocycles. The molecule has 1 fully saturated rings. The molecule has 3 rings (SSSR count). The Kier molecular flexibility index (Phi) is 4.11. The van der Waals surface area contributed by atoms with Gasteiger partial charge in [-0.2, -0.15) is 5.10 Å². The number of nitrogens with zero attached hydrogens (tertiary/aromatic N) is 4. The Hall–Kier alpha value is -2.34. The first-order chi connectivity index (χ1) is 10.6. The van der Waals surface area contributed by atoms with Gasteiger partial charge in [0.25, 0.3) is 0 Å². The minimum atomic E-state index is -0.921. The number of carbonyl (C=O) groups is 1. The van der Waals surface area contributed by atoms with Crippen LogP contribution < -0.4 is 4.90 Å². The Morgan fingerprint density at radius 2 is 1.86 bits per heavy atom. The van der Waals surface area contributed by atoms with Crippen molar-refractivity contribution < 1.29 is 9.90 Å². The molecule has 22 heavy (non-hydrogen) atoms. The van der Waals surface area contributed by atoms with Crippen LogP contribution in [-0.4, -0.2) is 51.9 Å². The van der Waals surface area contributed by atoms with E-state index in [1.54, 1.807) is 11.7 Å². The van der Waals surface area contributed by atoms with Crippen LogP contribution in [0.1, 0.15) is 15.9 Å². The first-order valence-electron chi connectivity index (χ1n) is 7.41. The molecule has 0 amide bonds. The Labute approximate surface area is 129 Å². The van der Waals surface area contributed by atoms with Crippen molar-refractivity contribution >= 4 is 11.8 Å². The van der Waals surface area contributed by atoms with Gasteiger partial charge in [0.1, 0.15) is 11.4 Å². The number of piperazine rings is 1. The molecule has 1 N–H and O–H groups in total. The van der Waals surface area contributed by atoms with E-state index in [0.29, 0.717) is 5.82 Å². The molecule has 2 aromatic rings. The Bertz CT molecular complexity index is 645. The lowest BCUT2D eigenvalue weighted by Gasteiger charge is -2.36. The number of rotatable bonds is 4. The minimum absolute atomic E-state index is 0.277. The average Bonchev–Trinajstić information content (AvgIpc) is 2.91. The average molecular weight is 300 g/mol. The third-order valence-corrected chi connectivity index (χ3v) is 4.06. The molecular formula is C16H20N4O2. The van der Waals surface area contributed by atoms with Gasteiger partial charge in [-0.1, -0.05) is 30.3 Å². The Morgan fingerprint density at radius 3 is 2.50 bits per heavy atom. The van der Waals surface area contributed by atoms with Crippen LogP contribution in [-0.2, 0) is 13.6 Å². The van der Waals surface area contributed by atoms with Gasteiger partial charge in [0, 0.05) is 39.8 Å². The summed E-state index contributed by atoms with van der Waals surface area (Å²) in [5.74, 6) is -0.221. The Balaban J connectivity index is 1.65. The summed E-state index contributed by atoms with van der Waals surface area (Å²) in [6.07, 6.45) is 1.42. The van der Waals surface area contributed by atoms with E-state index in [0.717, 1.165) is 32.7 Å². The quantitative estimate of drug-likeness (QED) is 0.926. The lowest BCUT2D eigenvalue weighted by molar-refractivity contribution is 0.0697. The molecule has 6 heteroatoms. The Morgan fingerprint density at radius 1 is 1.18 bits per heavy atom. The molecule has 1 aromatic heterocycles. The molecular weight excluding hydrogens is 280 g/mol. The molecule has 6 nitrogen and oxygen atoms in total. The van der Waals surface area contributed by atoms with Gasteiger partial charge in [0.05, 0.1) is 6.20 Å². The summed E-state index contributed by atoms with van der Waals surface area (Å²) < 4.78 is 1.65. The van der Waals surface area contributed by atoms with Gasteiger partial charge in [-0.25, -0.2) is 4.79 Å². The van der Waals surface area contributed by atoms with Crippen molar-refractivity contribution in [3.63, 3.8) is 0 Å². The number of aromatic carboxylic acids is 1. The van der Waals surface area contributed by atoms with Crippen LogP contribution >= 0.6 is 0 Å². The lowest BCUT2D eigenvalue weighted by atomic mass is 10.2. The largest absolute Gasteiger partial charge is 0.477 e. The van der Waals surface area contributed by atoms with Crippen molar-refractivity contribution in [1.29, 1.82) is 0 Å². The number of hydrogen-bond acceptors (Lipinski definition) is 4. The van der Waals surface area contributed by atoms with Crippen molar-refractivity contribution in [1.82, 2.24) is 14.7 Å². The molecule has 0 saturated carbocycles. The standard InChI is InChI=1S/C16H20N4O2/c1-18-15(14(11-17-18)16(21)22)20-9-7-19(8-10-20)12-13-5-3-2-4-6-13/h2-6,11H,7-10,12H2,1H3,(H,21,22). The summed E-state index contributed by atoms with van der Waals surface area (Å²) in [4.78, 5) is 15.8. The van der Waals surface area contributed by atoms with Crippen molar-refractivity contribution in [2.45, 2.75) is 6.54 Å². The summed E-state index contributed by atoms with van der Waals surface area (Å²) in [5.41, 5.74) is 1.58. The molecule has 0 radical (unpaired) electrons. The van der Waals surface area contributed by atoms with Gasteiger partial charge >= 0.3 is 5.97 Å². The molecule has 2 heterocycles. The topological polar surface area (TPSA) is 61.6 Å². The molecule has 1 aliphatic heterocycles. The maximum Gasteiger partial charge on any atom is 0.341 e. The van der Waals surface area contributed by atoms with E-state index in [9.17, 15) is 9.90 Å². The minimum Gasteiger partial charge on any atom is -0.477 e. The monoisotopic (exact) mass is 300 g/mol. The number of anilines is 1. The number of benzene rings is 1. The summed E-state index contributed by atoms with van der Waals surface area (Å²) >= 11 is 0. The van der Waals surface area contributed by atoms with E-state index in [-0.39, 0.29) is 5.56 Å². The second kappa shape index (κ2) is 6.19. The zero-order chi connectivity index (χ0) is 15.5. The van der Waals surface area contributed by atoms with Crippen LogP contribution in [0, 0.1) is 0 Å². The first kappa shape index (κ1) is 14.6. The molecule has 0 aliphatic carbocycles. The zero-order valence-corrected chi connectivity index (χ0v) is 12.6. The van der Waals surface area contributed by atoms with Crippen molar-refractivity contribution in [3.05, 3.63) is 47.7 Å². The maximum absolute atomic E-state index is 11.3. The van der Waals surface area contributed by atoms with Gasteiger partial charge in [-0.05, 0) is 5.56 Å². The molecule has 1 aliphatic rings. The van der Waals surface area contributed by atoms with Crippen LogP contribution in [0.3, 0.4) is 0 Å². The van der Waals surface area contributed by atoms with Gasteiger partial charge in [0.15, 0.2) is 0 Å². The third-order valence-electron chi connectivity index (χ3n) is 4.06. The van der Waals surface area contributed by atoms with Crippen molar-refractivity contribution in [2.24, 2.45) is 7.05 Å². The number of aryl methyl sites for hydroxylation is 1. The van der Waals surface area contributed by atoms with Crippen molar-refractivity contribution in [2.75, 3.05) is 31.1 Å². The summed E-state index contributed by atoms with van der Waals surface area (Å²) in [7, 11) is 1.79. The third kappa shape index (κ3) is 2.96. The summed E-state index contributed by atoms with van der Waals surface area (Å²) in [5, 5.41) is 13.3. The van der Waals surface area contributed by atoms with Crippen LogP contribution in [0.25, 0.3) is 0 Å². The predicted octanol–water partition coefficient (Wildman–Crippen LogP) is 1.44. The molecule has 0 unspecified atom stereocenters. The fourth-order valence-corrected chi connectivity index (χ4v) is 2.92. The number of carboxylic acids is 1. The van der Waals surface area contributed by atoms with Gasteiger partial charge in [-0.3, -0.25) is 9.58 Å². The number of hydrogen-bond donors (Lipinski definition) is 1. The second-order valence-electron chi connectivity index (χ2n) is 5.56. The van der Waals surface area contributed by atoms with E-state index in [1.807, 2.05) is 6.07 Å². The normalized spacial score (nSPS) is 16.0. The van der Waals surface area contributed by atoms with E-state index in [2.05, 4.69) is 39.2 Å². The van der Waals surface area contributed by atoms with E-state index < -0.39 is 5.97 Å². The maximum atomic E-state index is 11.3. The predicted molar refractivity (Wildman–Crippen MR) is 84.1 cm³/mol. The van der Waals surface area contributed by atoms with E-state index >= 15 is 0 Å². The van der Waals surface area contributed by atoms with Gasteiger partial charge in [-0.15, -0.1) is 0 Å². The summed E-state index contributed by atoms with van der Waals surface area (Å²) in [6.45, 7) is 4.39. The van der Waals surface area contributed by atoms with Crippen LogP contribution in [0.15, 0.2) is 36.5 Å². The lowest BCUT2D eigenvalue weighted by Crippen LogP contribution is -2.47. The SMILES string of the molecule is Cn1ncc(C(=O)O)c1N1CCN(Cc2ccccc2)CC1. The van der Waals surface area contributed by atoms with Crippen LogP contribution in [0.2, 0.25) is 0 Å². The van der Waals surface area contributed by atoms with Gasteiger partial charge < -0.3 is 10.0 Å². The van der Waals surface area contributed by atoms with E-state index in [4.69, 9.17) is 0 Å². The smallest absolute Gasteiger partial charge is 0.341 e. The first-order valence-corrected chi connectivity index (χ1v) is 7.41. The zero-order valence-electron chi connectivity index (χ0n) is 12.6. The molecule has 0 atom stereocenters. The molecule has 0 bridgehead atoms. The molecule has 0 spiro atoms. The molecule has 116 valence electrons. The van der Waals surface area contributed by atoms with E-state index in [1.165, 1.54) is 11.8 Å².